The lowest BCUT2D eigenvalue weighted by molar-refractivity contribution is 0.569. The molecule has 68 heavy (non-hydrogen) atoms. The summed E-state index contributed by atoms with van der Waals surface area (Å²) in [5, 5.41) is 0. The number of benzene rings is 8. The van der Waals surface area contributed by atoms with Gasteiger partial charge >= 0.3 is 0 Å². The van der Waals surface area contributed by atoms with Gasteiger partial charge < -0.3 is 0 Å². The van der Waals surface area contributed by atoms with Gasteiger partial charge in [0, 0.05) is 27.5 Å². The van der Waals surface area contributed by atoms with Crippen LogP contribution in [0.2, 0.25) is 0 Å². The number of nitrogens with zero attached hydrogens (tertiary/aromatic N) is 2. The van der Waals surface area contributed by atoms with E-state index < -0.39 is 0 Å². The van der Waals surface area contributed by atoms with E-state index in [2.05, 4.69) is 251 Å². The van der Waals surface area contributed by atoms with Gasteiger partial charge in [-0.25, -0.2) is 9.97 Å². The molecule has 1 heterocycles. The molecule has 2 nitrogen and oxygen atoms in total. The van der Waals surface area contributed by atoms with Crippen molar-refractivity contribution in [1.29, 1.82) is 0 Å². The standard InChI is InChI=1S/C66H60N2/c1-63(2,3)50-35-49(36-51(39-50)64(4,5)6)43-23-29-46(30-24-43)62-67-60(44-25-19-41(20-26-44)47-31-33-54-52-15-11-13-17-56(52)65(7,8)58(54)37-47)40-61(68-62)45-27-21-42(22-28-45)48-32-34-55-53-16-12-14-18-57(53)66(9,10)59(55)38-48/h11-40H,1-10H3. The third kappa shape index (κ3) is 7.42. The number of hydrogen-bond donors (Lipinski definition) is 0. The Balaban J connectivity index is 0.960. The average molecular weight is 881 g/mol. The van der Waals surface area contributed by atoms with Gasteiger partial charge in [-0.15, -0.1) is 0 Å². The fourth-order valence-corrected chi connectivity index (χ4v) is 10.8. The summed E-state index contributed by atoms with van der Waals surface area (Å²) in [6, 6.07) is 67.5. The van der Waals surface area contributed by atoms with E-state index in [-0.39, 0.29) is 21.7 Å². The van der Waals surface area contributed by atoms with Gasteiger partial charge in [0.15, 0.2) is 5.82 Å². The van der Waals surface area contributed by atoms with Crippen molar-refractivity contribution in [2.45, 2.75) is 90.9 Å². The minimum atomic E-state index is -0.0531. The first kappa shape index (κ1) is 43.4. The van der Waals surface area contributed by atoms with Crippen LogP contribution < -0.4 is 0 Å². The summed E-state index contributed by atoms with van der Waals surface area (Å²) in [6.07, 6.45) is 0. The van der Waals surface area contributed by atoms with Gasteiger partial charge in [-0.3, -0.25) is 0 Å². The van der Waals surface area contributed by atoms with Crippen molar-refractivity contribution in [3.05, 3.63) is 215 Å². The van der Waals surface area contributed by atoms with E-state index in [1.165, 1.54) is 89.0 Å². The Morgan fingerprint density at radius 1 is 0.294 bits per heavy atom. The van der Waals surface area contributed by atoms with E-state index in [4.69, 9.17) is 9.97 Å². The first-order valence-electron chi connectivity index (χ1n) is 24.3. The van der Waals surface area contributed by atoms with Crippen molar-refractivity contribution in [2.24, 2.45) is 0 Å². The molecule has 0 fully saturated rings. The fourth-order valence-electron chi connectivity index (χ4n) is 10.8. The number of fused-ring (bicyclic) bond motifs is 6. The zero-order valence-electron chi connectivity index (χ0n) is 41.2. The van der Waals surface area contributed by atoms with E-state index in [1.54, 1.807) is 0 Å². The van der Waals surface area contributed by atoms with Crippen LogP contribution >= 0.6 is 0 Å². The van der Waals surface area contributed by atoms with Gasteiger partial charge in [0.25, 0.3) is 0 Å². The molecule has 0 saturated carbocycles. The Morgan fingerprint density at radius 2 is 0.632 bits per heavy atom. The highest BCUT2D eigenvalue weighted by molar-refractivity contribution is 5.86. The maximum Gasteiger partial charge on any atom is 0.160 e. The van der Waals surface area contributed by atoms with Crippen LogP contribution in [0.4, 0.5) is 0 Å². The maximum absolute atomic E-state index is 5.30. The lowest BCUT2D eigenvalue weighted by Gasteiger charge is -2.26. The maximum atomic E-state index is 5.30. The molecular weight excluding hydrogens is 821 g/mol. The van der Waals surface area contributed by atoms with E-state index in [0.717, 1.165) is 28.1 Å². The molecule has 2 heteroatoms. The van der Waals surface area contributed by atoms with Crippen molar-refractivity contribution < 1.29 is 0 Å². The Kier molecular flexibility index (Phi) is 10.0. The molecule has 9 aromatic rings. The molecule has 11 rings (SSSR count). The van der Waals surface area contributed by atoms with Crippen molar-refractivity contribution in [1.82, 2.24) is 9.97 Å². The molecule has 0 spiro atoms. The summed E-state index contributed by atoms with van der Waals surface area (Å²) in [4.78, 5) is 10.6. The second kappa shape index (κ2) is 15.7. The molecule has 0 saturated heterocycles. The summed E-state index contributed by atoms with van der Waals surface area (Å²) >= 11 is 0. The molecule has 0 unspecified atom stereocenters. The molecule has 8 aromatic carbocycles. The molecule has 0 bridgehead atoms. The molecule has 334 valence electrons. The van der Waals surface area contributed by atoms with Crippen LogP contribution in [-0.2, 0) is 21.7 Å². The van der Waals surface area contributed by atoms with E-state index >= 15 is 0 Å². The van der Waals surface area contributed by atoms with E-state index in [1.807, 2.05) is 0 Å². The average Bonchev–Trinajstić information content (AvgIpc) is 3.72. The second-order valence-corrected chi connectivity index (χ2v) is 22.4. The number of aromatic nitrogens is 2. The molecule has 2 aliphatic carbocycles. The molecule has 0 amide bonds. The first-order valence-corrected chi connectivity index (χ1v) is 24.3. The van der Waals surface area contributed by atoms with Crippen LogP contribution in [0.3, 0.4) is 0 Å². The predicted molar refractivity (Wildman–Crippen MR) is 287 cm³/mol. The molecule has 1 aromatic heterocycles. The highest BCUT2D eigenvalue weighted by Crippen LogP contribution is 2.51. The van der Waals surface area contributed by atoms with Crippen LogP contribution in [-0.4, -0.2) is 9.97 Å². The molecule has 0 N–H and O–H groups in total. The zero-order chi connectivity index (χ0) is 47.3. The Hall–Kier alpha value is -7.16. The van der Waals surface area contributed by atoms with Crippen LogP contribution in [0.5, 0.6) is 0 Å². The summed E-state index contributed by atoms with van der Waals surface area (Å²) in [5.74, 6) is 0.705. The van der Waals surface area contributed by atoms with Gasteiger partial charge in [0.2, 0.25) is 0 Å². The molecule has 0 aliphatic heterocycles. The van der Waals surface area contributed by atoms with Crippen molar-refractivity contribution in [3.63, 3.8) is 0 Å². The van der Waals surface area contributed by atoms with Crippen LogP contribution in [0.25, 0.3) is 89.5 Å². The monoisotopic (exact) mass is 880 g/mol. The van der Waals surface area contributed by atoms with E-state index in [9.17, 15) is 0 Å². The Morgan fingerprint density at radius 3 is 1.04 bits per heavy atom. The zero-order valence-corrected chi connectivity index (χ0v) is 41.2. The van der Waals surface area contributed by atoms with Gasteiger partial charge in [-0.05, 0) is 118 Å². The molecular formula is C66H60N2. The van der Waals surface area contributed by atoms with Crippen molar-refractivity contribution in [3.8, 4) is 89.5 Å². The molecule has 2 aliphatic rings. The third-order valence-corrected chi connectivity index (χ3v) is 15.1. The van der Waals surface area contributed by atoms with Crippen LogP contribution in [0, 0.1) is 0 Å². The van der Waals surface area contributed by atoms with Gasteiger partial charge in [0.05, 0.1) is 11.4 Å². The predicted octanol–water partition coefficient (Wildman–Crippen LogP) is 17.7. The number of rotatable bonds is 6. The summed E-state index contributed by atoms with van der Waals surface area (Å²) in [6.45, 7) is 23.1. The fraction of sp³-hybridized carbons (Fsp3) is 0.212. The van der Waals surface area contributed by atoms with Crippen LogP contribution in [0.15, 0.2) is 182 Å². The normalized spacial score (nSPS) is 14.3. The third-order valence-electron chi connectivity index (χ3n) is 15.1. The SMILES string of the molecule is CC(C)(C)c1cc(-c2ccc(-c3nc(-c4ccc(-c5ccc6c(c5)C(C)(C)c5ccccc5-6)cc4)cc(-c4ccc(-c5ccc6c(c5)C(C)(C)c5ccccc5-6)cc4)n3)cc2)cc(C(C)(C)C)c1. The van der Waals surface area contributed by atoms with Gasteiger partial charge in [0.1, 0.15) is 0 Å². The second-order valence-electron chi connectivity index (χ2n) is 22.4. The molecule has 0 atom stereocenters. The summed E-state index contributed by atoms with van der Waals surface area (Å²) in [5.41, 5.74) is 25.7. The minimum Gasteiger partial charge on any atom is -0.228 e. The topological polar surface area (TPSA) is 25.8 Å². The largest absolute Gasteiger partial charge is 0.228 e. The molecule has 0 radical (unpaired) electrons. The quantitative estimate of drug-likeness (QED) is 0.166. The first-order chi connectivity index (χ1) is 32.4. The van der Waals surface area contributed by atoms with E-state index in [0.29, 0.717) is 5.82 Å². The number of hydrogen-bond acceptors (Lipinski definition) is 2. The summed E-state index contributed by atoms with van der Waals surface area (Å²) in [7, 11) is 0. The van der Waals surface area contributed by atoms with Crippen LogP contribution in [0.1, 0.15) is 103 Å². The highest BCUT2D eigenvalue weighted by atomic mass is 14.9. The summed E-state index contributed by atoms with van der Waals surface area (Å²) < 4.78 is 0. The smallest absolute Gasteiger partial charge is 0.160 e. The highest BCUT2D eigenvalue weighted by Gasteiger charge is 2.36. The van der Waals surface area contributed by atoms with Crippen molar-refractivity contribution >= 4 is 0 Å². The lowest BCUT2D eigenvalue weighted by Crippen LogP contribution is -2.16. The Bertz CT molecular complexity index is 3220. The Labute approximate surface area is 403 Å². The van der Waals surface area contributed by atoms with Crippen molar-refractivity contribution in [2.75, 3.05) is 0 Å². The minimum absolute atomic E-state index is 0.0340. The van der Waals surface area contributed by atoms with Gasteiger partial charge in [-0.2, -0.15) is 0 Å². The lowest BCUT2D eigenvalue weighted by atomic mass is 9.79. The van der Waals surface area contributed by atoms with Gasteiger partial charge in [-0.1, -0.05) is 233 Å².